The molecule has 144 valence electrons. The number of nitrogens with zero attached hydrogens (tertiary/aromatic N) is 4. The average molecular weight is 395 g/mol. The summed E-state index contributed by atoms with van der Waals surface area (Å²) in [6, 6.07) is 9.36. The monoisotopic (exact) mass is 394 g/mol. The number of thiophene rings is 1. The smallest absolute Gasteiger partial charge is 0.266 e. The maximum absolute atomic E-state index is 13.0. The summed E-state index contributed by atoms with van der Waals surface area (Å²) < 4.78 is 0. The van der Waals surface area contributed by atoms with E-state index in [0.29, 0.717) is 28.2 Å². The highest BCUT2D eigenvalue weighted by Crippen LogP contribution is 2.31. The first-order valence-corrected chi connectivity index (χ1v) is 10.1. The quantitative estimate of drug-likeness (QED) is 0.424. The van der Waals surface area contributed by atoms with E-state index in [-0.39, 0.29) is 5.91 Å². The molecule has 1 fully saturated rings. The van der Waals surface area contributed by atoms with Crippen LogP contribution < -0.4 is 0 Å². The summed E-state index contributed by atoms with van der Waals surface area (Å²) in [7, 11) is 1.69. The largest absolute Gasteiger partial charge is 0.363 e. The first-order chi connectivity index (χ1) is 13.6. The number of carbonyl (C=O) groups excluding carboxylic acids is 2. The standard InChI is InChI=1S/C21H22N4O2S/c1-24(12-17-8-4-3-7-16(17)11-22)21(27)20-19(18(13-26)14-28-20)23-15-25-9-5-2-6-10-25/h3-4,7-8,13-15H,2,5-6,9-10,12H2,1H3/b23-15+. The molecule has 0 aliphatic carbocycles. The Morgan fingerprint density at radius 3 is 2.79 bits per heavy atom. The van der Waals surface area contributed by atoms with E-state index < -0.39 is 0 Å². The third-order valence-corrected chi connectivity index (χ3v) is 5.72. The van der Waals surface area contributed by atoms with Crippen molar-refractivity contribution in [2.45, 2.75) is 25.8 Å². The summed E-state index contributed by atoms with van der Waals surface area (Å²) in [5.74, 6) is -0.211. The fraction of sp³-hybridized carbons (Fsp3) is 0.333. The molecule has 3 rings (SSSR count). The van der Waals surface area contributed by atoms with Crippen LogP contribution in [0.4, 0.5) is 5.69 Å². The lowest BCUT2D eigenvalue weighted by Gasteiger charge is -2.23. The van der Waals surface area contributed by atoms with Gasteiger partial charge in [-0.25, -0.2) is 4.99 Å². The first kappa shape index (κ1) is 19.8. The number of benzene rings is 1. The van der Waals surface area contributed by atoms with Crippen molar-refractivity contribution in [1.29, 1.82) is 5.26 Å². The molecular formula is C21H22N4O2S. The molecule has 1 saturated heterocycles. The van der Waals surface area contributed by atoms with Crippen LogP contribution in [0.1, 0.15) is 50.4 Å². The van der Waals surface area contributed by atoms with Crippen molar-refractivity contribution in [3.05, 3.63) is 51.2 Å². The number of amides is 1. The predicted molar refractivity (Wildman–Crippen MR) is 110 cm³/mol. The second-order valence-electron chi connectivity index (χ2n) is 6.76. The van der Waals surface area contributed by atoms with Crippen LogP contribution in [-0.4, -0.2) is 48.5 Å². The van der Waals surface area contributed by atoms with Gasteiger partial charge in [0.2, 0.25) is 0 Å². The molecule has 0 spiro atoms. The number of rotatable bonds is 6. The van der Waals surface area contributed by atoms with E-state index in [0.717, 1.165) is 37.8 Å². The Bertz CT molecular complexity index is 923. The number of hydrogen-bond acceptors (Lipinski definition) is 5. The van der Waals surface area contributed by atoms with Crippen LogP contribution in [0.2, 0.25) is 0 Å². The number of piperidine rings is 1. The highest BCUT2D eigenvalue weighted by atomic mass is 32.1. The molecule has 7 heteroatoms. The van der Waals surface area contributed by atoms with E-state index in [2.05, 4.69) is 16.0 Å². The molecule has 0 N–H and O–H groups in total. The Labute approximate surface area is 168 Å². The number of aliphatic imine (C=N–C) groups is 1. The Morgan fingerprint density at radius 1 is 1.32 bits per heavy atom. The average Bonchev–Trinajstić information content (AvgIpc) is 3.15. The summed E-state index contributed by atoms with van der Waals surface area (Å²) in [6.45, 7) is 2.20. The van der Waals surface area contributed by atoms with Gasteiger partial charge in [-0.1, -0.05) is 18.2 Å². The Kier molecular flexibility index (Phi) is 6.56. The van der Waals surface area contributed by atoms with Gasteiger partial charge in [-0.3, -0.25) is 9.59 Å². The minimum Gasteiger partial charge on any atom is -0.363 e. The van der Waals surface area contributed by atoms with Crippen LogP contribution in [-0.2, 0) is 6.54 Å². The van der Waals surface area contributed by atoms with Crippen LogP contribution in [0.5, 0.6) is 0 Å². The van der Waals surface area contributed by atoms with E-state index in [1.165, 1.54) is 17.8 Å². The Hall–Kier alpha value is -2.98. The highest BCUT2D eigenvalue weighted by Gasteiger charge is 2.21. The van der Waals surface area contributed by atoms with Crippen molar-refractivity contribution in [2.75, 3.05) is 20.1 Å². The van der Waals surface area contributed by atoms with Crippen molar-refractivity contribution < 1.29 is 9.59 Å². The second kappa shape index (κ2) is 9.29. The van der Waals surface area contributed by atoms with Gasteiger partial charge in [0.25, 0.3) is 5.91 Å². The van der Waals surface area contributed by atoms with Gasteiger partial charge >= 0.3 is 0 Å². The van der Waals surface area contributed by atoms with Crippen molar-refractivity contribution in [3.8, 4) is 6.07 Å². The Balaban J connectivity index is 1.81. The van der Waals surface area contributed by atoms with Crippen LogP contribution in [0.25, 0.3) is 0 Å². The third kappa shape index (κ3) is 4.46. The highest BCUT2D eigenvalue weighted by molar-refractivity contribution is 7.13. The number of likely N-dealkylation sites (tertiary alicyclic amines) is 1. The molecule has 28 heavy (non-hydrogen) atoms. The van der Waals surface area contributed by atoms with Gasteiger partial charge in [0.05, 0.1) is 29.2 Å². The van der Waals surface area contributed by atoms with E-state index in [1.54, 1.807) is 35.8 Å². The molecule has 2 heterocycles. The molecule has 6 nitrogen and oxygen atoms in total. The summed E-state index contributed by atoms with van der Waals surface area (Å²) >= 11 is 1.22. The number of nitriles is 1. The van der Waals surface area contributed by atoms with Crippen LogP contribution in [0.15, 0.2) is 34.6 Å². The molecule has 0 bridgehead atoms. The fourth-order valence-electron chi connectivity index (χ4n) is 3.17. The molecule has 0 atom stereocenters. The minimum absolute atomic E-state index is 0.211. The van der Waals surface area contributed by atoms with Crippen LogP contribution in [0, 0.1) is 11.3 Å². The maximum atomic E-state index is 13.0. The van der Waals surface area contributed by atoms with E-state index in [4.69, 9.17) is 0 Å². The van der Waals surface area contributed by atoms with Crippen molar-refractivity contribution >= 4 is 35.6 Å². The van der Waals surface area contributed by atoms with Gasteiger partial charge in [0.1, 0.15) is 4.88 Å². The molecular weight excluding hydrogens is 372 g/mol. The normalized spacial score (nSPS) is 14.1. The molecule has 1 aliphatic heterocycles. The van der Waals surface area contributed by atoms with Crippen molar-refractivity contribution in [3.63, 3.8) is 0 Å². The van der Waals surface area contributed by atoms with Gasteiger partial charge < -0.3 is 9.80 Å². The number of carbonyl (C=O) groups is 2. The SMILES string of the molecule is CN(Cc1ccccc1C#N)C(=O)c1scc(C=O)c1/N=C/N1CCCCC1. The molecule has 0 saturated carbocycles. The van der Waals surface area contributed by atoms with E-state index >= 15 is 0 Å². The molecule has 0 unspecified atom stereocenters. The van der Waals surface area contributed by atoms with Crippen LogP contribution in [0.3, 0.4) is 0 Å². The first-order valence-electron chi connectivity index (χ1n) is 9.22. The summed E-state index contributed by atoms with van der Waals surface area (Å²) in [4.78, 5) is 33.0. The van der Waals surface area contributed by atoms with Gasteiger partial charge in [0, 0.05) is 32.1 Å². The van der Waals surface area contributed by atoms with Crippen LogP contribution >= 0.6 is 11.3 Å². The van der Waals surface area contributed by atoms with Crippen molar-refractivity contribution in [2.24, 2.45) is 4.99 Å². The van der Waals surface area contributed by atoms with Gasteiger partial charge in [-0.2, -0.15) is 5.26 Å². The van der Waals surface area contributed by atoms with E-state index in [9.17, 15) is 14.9 Å². The molecule has 1 aliphatic rings. The van der Waals surface area contributed by atoms with Gasteiger partial charge in [-0.15, -0.1) is 11.3 Å². The lowest BCUT2D eigenvalue weighted by atomic mass is 10.1. The van der Waals surface area contributed by atoms with Gasteiger partial charge in [0.15, 0.2) is 6.29 Å². The zero-order valence-corrected chi connectivity index (χ0v) is 16.6. The zero-order valence-electron chi connectivity index (χ0n) is 15.8. The molecule has 2 aromatic rings. The second-order valence-corrected chi connectivity index (χ2v) is 7.64. The lowest BCUT2D eigenvalue weighted by molar-refractivity contribution is 0.0790. The topological polar surface area (TPSA) is 76.8 Å². The summed E-state index contributed by atoms with van der Waals surface area (Å²) in [5.41, 5.74) is 2.18. The van der Waals surface area contributed by atoms with Crippen molar-refractivity contribution in [1.82, 2.24) is 9.80 Å². The van der Waals surface area contributed by atoms with E-state index in [1.807, 2.05) is 12.1 Å². The molecule has 0 radical (unpaired) electrons. The summed E-state index contributed by atoms with van der Waals surface area (Å²) in [5, 5.41) is 10.9. The molecule has 1 aromatic carbocycles. The maximum Gasteiger partial charge on any atom is 0.266 e. The molecule has 1 amide bonds. The lowest BCUT2D eigenvalue weighted by Crippen LogP contribution is -2.28. The Morgan fingerprint density at radius 2 is 2.07 bits per heavy atom. The molecule has 1 aromatic heterocycles. The predicted octanol–water partition coefficient (Wildman–Crippen LogP) is 3.85. The zero-order chi connectivity index (χ0) is 19.9. The number of hydrogen-bond donors (Lipinski definition) is 0. The summed E-state index contributed by atoms with van der Waals surface area (Å²) in [6.07, 6.45) is 5.96. The number of aldehydes is 1. The minimum atomic E-state index is -0.211. The van der Waals surface area contributed by atoms with Gasteiger partial charge in [-0.05, 0) is 30.9 Å². The fourth-order valence-corrected chi connectivity index (χ4v) is 4.13. The third-order valence-electron chi connectivity index (χ3n) is 4.75.